The minimum absolute atomic E-state index is 0.0349. The second-order valence-electron chi connectivity index (χ2n) is 7.85. The number of esters is 4. The fourth-order valence-corrected chi connectivity index (χ4v) is 3.46. The van der Waals surface area contributed by atoms with E-state index in [1.54, 1.807) is 24.3 Å². The van der Waals surface area contributed by atoms with E-state index >= 15 is 0 Å². The minimum Gasteiger partial charge on any atom is -0.419 e. The van der Waals surface area contributed by atoms with Gasteiger partial charge in [-0.25, -0.2) is 19.2 Å². The number of carbonyl (C=O) groups excluding carboxylic acids is 4. The molecular weight excluding hydrogens is 500 g/mol. The van der Waals surface area contributed by atoms with Gasteiger partial charge >= 0.3 is 23.9 Å². The molecule has 8 heteroatoms. The first-order valence-corrected chi connectivity index (χ1v) is 11.5. The first kappa shape index (κ1) is 28.1. The summed E-state index contributed by atoms with van der Waals surface area (Å²) < 4.78 is 20.9. The Balaban J connectivity index is 2.01. The molecular formula is C31H24O8. The summed E-state index contributed by atoms with van der Waals surface area (Å²) >= 11 is 0. The SMILES string of the molecule is C=CC(=O)Oc1ccc(-c2ccc(-c3ccc(OC(=O)C=C)c(OC(=O)C=C)c3)c(C)c2)cc1OC(=O)C=C. The average Bonchev–Trinajstić information content (AvgIpc) is 2.94. The van der Waals surface area contributed by atoms with Crippen LogP contribution in [-0.2, 0) is 19.2 Å². The highest BCUT2D eigenvalue weighted by Crippen LogP contribution is 2.37. The lowest BCUT2D eigenvalue weighted by atomic mass is 9.95. The summed E-state index contributed by atoms with van der Waals surface area (Å²) in [5, 5.41) is 0. The van der Waals surface area contributed by atoms with Crippen LogP contribution in [0.5, 0.6) is 23.0 Å². The van der Waals surface area contributed by atoms with Gasteiger partial charge in [-0.15, -0.1) is 0 Å². The van der Waals surface area contributed by atoms with Gasteiger partial charge in [0.25, 0.3) is 0 Å². The van der Waals surface area contributed by atoms with E-state index in [4.69, 9.17) is 18.9 Å². The van der Waals surface area contributed by atoms with Crippen LogP contribution in [0.15, 0.2) is 105 Å². The third-order valence-corrected chi connectivity index (χ3v) is 5.27. The molecule has 0 spiro atoms. The Hall–Kier alpha value is -5.50. The smallest absolute Gasteiger partial charge is 0.335 e. The summed E-state index contributed by atoms with van der Waals surface area (Å²) in [7, 11) is 0. The number of rotatable bonds is 10. The molecule has 0 heterocycles. The maximum absolute atomic E-state index is 11.8. The van der Waals surface area contributed by atoms with Gasteiger partial charge in [-0.1, -0.05) is 56.6 Å². The monoisotopic (exact) mass is 524 g/mol. The second kappa shape index (κ2) is 12.6. The van der Waals surface area contributed by atoms with Gasteiger partial charge in [0.2, 0.25) is 0 Å². The summed E-state index contributed by atoms with van der Waals surface area (Å²) in [5.74, 6) is -2.68. The second-order valence-corrected chi connectivity index (χ2v) is 7.85. The predicted octanol–water partition coefficient (Wildman–Crippen LogP) is 5.69. The van der Waals surface area contributed by atoms with Gasteiger partial charge in [-0.3, -0.25) is 0 Å². The zero-order valence-corrected chi connectivity index (χ0v) is 21.1. The fourth-order valence-electron chi connectivity index (χ4n) is 3.46. The van der Waals surface area contributed by atoms with Gasteiger partial charge < -0.3 is 18.9 Å². The Morgan fingerprint density at radius 1 is 0.513 bits per heavy atom. The largest absolute Gasteiger partial charge is 0.419 e. The lowest BCUT2D eigenvalue weighted by Crippen LogP contribution is -2.08. The molecule has 196 valence electrons. The molecule has 0 saturated carbocycles. The Morgan fingerprint density at radius 3 is 1.31 bits per heavy atom. The van der Waals surface area contributed by atoms with Crippen molar-refractivity contribution in [3.8, 4) is 45.3 Å². The van der Waals surface area contributed by atoms with E-state index in [1.807, 2.05) is 25.1 Å². The van der Waals surface area contributed by atoms with E-state index in [9.17, 15) is 19.2 Å². The Morgan fingerprint density at radius 2 is 0.872 bits per heavy atom. The van der Waals surface area contributed by atoms with E-state index in [-0.39, 0.29) is 23.0 Å². The first-order chi connectivity index (χ1) is 18.7. The molecule has 0 radical (unpaired) electrons. The topological polar surface area (TPSA) is 105 Å². The molecule has 0 aliphatic carbocycles. The van der Waals surface area contributed by atoms with Crippen LogP contribution >= 0.6 is 0 Å². The summed E-state index contributed by atoms with van der Waals surface area (Å²) in [6, 6.07) is 15.2. The highest BCUT2D eigenvalue weighted by molar-refractivity contribution is 5.88. The van der Waals surface area contributed by atoms with Crippen LogP contribution in [0.4, 0.5) is 0 Å². The summed E-state index contributed by atoms with van der Waals surface area (Å²) in [6.07, 6.45) is 3.98. The molecule has 0 aliphatic heterocycles. The zero-order valence-electron chi connectivity index (χ0n) is 21.1. The molecule has 3 aromatic rings. The number of ether oxygens (including phenoxy) is 4. The van der Waals surface area contributed by atoms with Crippen LogP contribution in [0.25, 0.3) is 22.3 Å². The standard InChI is InChI=1S/C31H24O8/c1-6-28(32)36-24-14-11-21(17-26(24)38-30(34)8-3)20-10-13-23(19(5)16-20)22-12-15-25(37-29(33)7-2)27(18-22)39-31(35)9-4/h6-18H,1-4H2,5H3. The van der Waals surface area contributed by atoms with Gasteiger partial charge in [0, 0.05) is 24.3 Å². The predicted molar refractivity (Wildman–Crippen MR) is 145 cm³/mol. The summed E-state index contributed by atoms with van der Waals surface area (Å²) in [5.41, 5.74) is 3.82. The molecule has 0 unspecified atom stereocenters. The van der Waals surface area contributed by atoms with Crippen LogP contribution in [0.1, 0.15) is 5.56 Å². The maximum atomic E-state index is 11.8. The van der Waals surface area contributed by atoms with Gasteiger partial charge in [0.1, 0.15) is 0 Å². The molecule has 0 N–H and O–H groups in total. The Bertz CT molecular complexity index is 1510. The minimum atomic E-state index is -0.718. The van der Waals surface area contributed by atoms with Crippen LogP contribution in [0.2, 0.25) is 0 Å². The number of hydrogen-bond donors (Lipinski definition) is 0. The number of aryl methyl sites for hydroxylation is 1. The van der Waals surface area contributed by atoms with Crippen molar-refractivity contribution in [2.24, 2.45) is 0 Å². The fraction of sp³-hybridized carbons (Fsp3) is 0.0323. The normalized spacial score (nSPS) is 9.97. The Kier molecular flexibility index (Phi) is 9.10. The highest BCUT2D eigenvalue weighted by Gasteiger charge is 2.16. The third-order valence-electron chi connectivity index (χ3n) is 5.27. The molecule has 0 bridgehead atoms. The van der Waals surface area contributed by atoms with Gasteiger partial charge in [-0.05, 0) is 59.0 Å². The van der Waals surface area contributed by atoms with Gasteiger partial charge in [0.05, 0.1) is 0 Å². The van der Waals surface area contributed by atoms with Crippen molar-refractivity contribution in [3.05, 3.63) is 111 Å². The summed E-state index contributed by atoms with van der Waals surface area (Å²) in [4.78, 5) is 47.1. The van der Waals surface area contributed by atoms with E-state index in [0.29, 0.717) is 11.1 Å². The van der Waals surface area contributed by atoms with E-state index in [1.165, 1.54) is 12.1 Å². The van der Waals surface area contributed by atoms with Crippen molar-refractivity contribution in [2.45, 2.75) is 6.92 Å². The number of benzene rings is 3. The molecule has 39 heavy (non-hydrogen) atoms. The summed E-state index contributed by atoms with van der Waals surface area (Å²) in [6.45, 7) is 15.4. The molecule has 0 saturated heterocycles. The first-order valence-electron chi connectivity index (χ1n) is 11.5. The molecule has 8 nitrogen and oxygen atoms in total. The van der Waals surface area contributed by atoms with E-state index < -0.39 is 23.9 Å². The number of hydrogen-bond acceptors (Lipinski definition) is 8. The van der Waals surface area contributed by atoms with Gasteiger partial charge in [-0.2, -0.15) is 0 Å². The molecule has 0 fully saturated rings. The van der Waals surface area contributed by atoms with Crippen molar-refractivity contribution < 1.29 is 38.1 Å². The Labute approximate surface area is 225 Å². The molecule has 3 aromatic carbocycles. The molecule has 0 aromatic heterocycles. The molecule has 0 atom stereocenters. The van der Waals surface area contributed by atoms with Crippen molar-refractivity contribution in [2.75, 3.05) is 0 Å². The third kappa shape index (κ3) is 7.05. The van der Waals surface area contributed by atoms with Crippen molar-refractivity contribution in [1.29, 1.82) is 0 Å². The average molecular weight is 525 g/mol. The van der Waals surface area contributed by atoms with Crippen LogP contribution in [0.3, 0.4) is 0 Å². The molecule has 0 amide bonds. The maximum Gasteiger partial charge on any atom is 0.335 e. The molecule has 3 rings (SSSR count). The van der Waals surface area contributed by atoms with E-state index in [0.717, 1.165) is 41.0 Å². The molecule has 0 aliphatic rings. The van der Waals surface area contributed by atoms with Crippen molar-refractivity contribution in [3.63, 3.8) is 0 Å². The van der Waals surface area contributed by atoms with Crippen molar-refractivity contribution >= 4 is 23.9 Å². The zero-order chi connectivity index (χ0) is 28.5. The van der Waals surface area contributed by atoms with Crippen LogP contribution < -0.4 is 18.9 Å². The highest BCUT2D eigenvalue weighted by atomic mass is 16.6. The quantitative estimate of drug-likeness (QED) is 0.189. The van der Waals surface area contributed by atoms with Crippen LogP contribution in [0, 0.1) is 6.92 Å². The van der Waals surface area contributed by atoms with Gasteiger partial charge in [0.15, 0.2) is 23.0 Å². The van der Waals surface area contributed by atoms with Crippen molar-refractivity contribution in [1.82, 2.24) is 0 Å². The van der Waals surface area contributed by atoms with E-state index in [2.05, 4.69) is 26.3 Å². The lowest BCUT2D eigenvalue weighted by molar-refractivity contribution is -0.131. The number of carbonyl (C=O) groups is 4. The lowest BCUT2D eigenvalue weighted by Gasteiger charge is -2.14. The van der Waals surface area contributed by atoms with Crippen LogP contribution in [-0.4, -0.2) is 23.9 Å².